The molecule has 3 aromatic carbocycles. The summed E-state index contributed by atoms with van der Waals surface area (Å²) in [6.45, 7) is 1.69. The number of methoxy groups -OCH3 is 1. The van der Waals surface area contributed by atoms with Gasteiger partial charge < -0.3 is 9.84 Å². The van der Waals surface area contributed by atoms with Crippen molar-refractivity contribution in [2.75, 3.05) is 17.3 Å². The van der Waals surface area contributed by atoms with Crippen molar-refractivity contribution >= 4 is 32.8 Å². The molecule has 11 heteroatoms. The molecule has 3 rings (SSSR count). The highest BCUT2D eigenvalue weighted by Crippen LogP contribution is 2.29. The van der Waals surface area contributed by atoms with Crippen LogP contribution in [0.1, 0.15) is 12.5 Å². The highest BCUT2D eigenvalue weighted by Gasteiger charge is 2.23. The van der Waals surface area contributed by atoms with E-state index in [0.717, 1.165) is 6.07 Å². The third-order valence-electron chi connectivity index (χ3n) is 4.44. The number of non-ortho nitro benzene ring substituents is 1. The van der Waals surface area contributed by atoms with Crippen LogP contribution in [0.5, 0.6) is 11.5 Å². The normalized spacial score (nSPS) is 11.6. The molecule has 0 amide bonds. The molecular weight excluding hydrogens is 436 g/mol. The van der Waals surface area contributed by atoms with Crippen LogP contribution in [0, 0.1) is 10.1 Å². The number of benzene rings is 3. The van der Waals surface area contributed by atoms with Gasteiger partial charge in [0, 0.05) is 17.8 Å². The number of ether oxygens (including phenoxy) is 1. The fraction of sp³-hybridized carbons (Fsp3) is 0.0952. The number of nitrogens with zero attached hydrogens (tertiary/aromatic N) is 2. The molecule has 0 saturated carbocycles. The predicted octanol–water partition coefficient (Wildman–Crippen LogP) is 3.95. The number of aromatic hydroxyl groups is 1. The van der Waals surface area contributed by atoms with Gasteiger partial charge in [0.15, 0.2) is 0 Å². The van der Waals surface area contributed by atoms with Gasteiger partial charge in [0.1, 0.15) is 16.4 Å². The molecular formula is C21H20N4O6S. The minimum atomic E-state index is -4.20. The van der Waals surface area contributed by atoms with Crippen LogP contribution < -0.4 is 14.9 Å². The molecule has 3 N–H and O–H groups in total. The van der Waals surface area contributed by atoms with E-state index in [-0.39, 0.29) is 27.7 Å². The number of nitro groups is 1. The lowest BCUT2D eigenvalue weighted by molar-refractivity contribution is -0.385. The van der Waals surface area contributed by atoms with Crippen LogP contribution in [-0.4, -0.2) is 31.3 Å². The summed E-state index contributed by atoms with van der Waals surface area (Å²) >= 11 is 0. The minimum Gasteiger partial charge on any atom is -0.508 e. The summed E-state index contributed by atoms with van der Waals surface area (Å²) in [5.41, 5.74) is 3.79. The highest BCUT2D eigenvalue weighted by molar-refractivity contribution is 7.92. The molecule has 0 aromatic heterocycles. The maximum atomic E-state index is 13.0. The zero-order chi connectivity index (χ0) is 23.3. The summed E-state index contributed by atoms with van der Waals surface area (Å²) in [5, 5.41) is 24.8. The molecule has 0 heterocycles. The molecule has 10 nitrogen and oxygen atoms in total. The number of hydrazone groups is 1. The molecule has 166 valence electrons. The van der Waals surface area contributed by atoms with Crippen LogP contribution in [0.3, 0.4) is 0 Å². The van der Waals surface area contributed by atoms with Gasteiger partial charge >= 0.3 is 0 Å². The Morgan fingerprint density at radius 3 is 2.31 bits per heavy atom. The summed E-state index contributed by atoms with van der Waals surface area (Å²) in [4.78, 5) is 10.2. The molecule has 0 unspecified atom stereocenters. The Balaban J connectivity index is 1.95. The Morgan fingerprint density at radius 1 is 1.06 bits per heavy atom. The lowest BCUT2D eigenvalue weighted by atomic mass is 10.1. The fourth-order valence-electron chi connectivity index (χ4n) is 2.72. The molecule has 0 bridgehead atoms. The van der Waals surface area contributed by atoms with Crippen molar-refractivity contribution in [2.45, 2.75) is 11.8 Å². The van der Waals surface area contributed by atoms with E-state index in [4.69, 9.17) is 4.74 Å². The van der Waals surface area contributed by atoms with Gasteiger partial charge in [-0.3, -0.25) is 20.3 Å². The second-order valence-corrected chi connectivity index (χ2v) is 8.28. The molecule has 32 heavy (non-hydrogen) atoms. The quantitative estimate of drug-likeness (QED) is 0.264. The molecule has 0 saturated heterocycles. The van der Waals surface area contributed by atoms with Gasteiger partial charge in [-0.15, -0.1) is 0 Å². The Kier molecular flexibility index (Phi) is 6.59. The van der Waals surface area contributed by atoms with Crippen LogP contribution >= 0.6 is 0 Å². The predicted molar refractivity (Wildman–Crippen MR) is 121 cm³/mol. The molecule has 0 aliphatic heterocycles. The number of anilines is 2. The molecule has 0 spiro atoms. The van der Waals surface area contributed by atoms with Crippen molar-refractivity contribution in [2.24, 2.45) is 5.10 Å². The van der Waals surface area contributed by atoms with E-state index in [0.29, 0.717) is 17.0 Å². The van der Waals surface area contributed by atoms with Crippen molar-refractivity contribution in [1.29, 1.82) is 0 Å². The Bertz CT molecular complexity index is 1260. The topological polar surface area (TPSA) is 143 Å². The first-order valence-electron chi connectivity index (χ1n) is 9.24. The van der Waals surface area contributed by atoms with Crippen molar-refractivity contribution < 1.29 is 23.2 Å². The summed E-state index contributed by atoms with van der Waals surface area (Å²) in [6.07, 6.45) is 0. The van der Waals surface area contributed by atoms with Crippen LogP contribution in [0.2, 0.25) is 0 Å². The van der Waals surface area contributed by atoms with E-state index in [2.05, 4.69) is 15.2 Å². The fourth-order valence-corrected chi connectivity index (χ4v) is 3.96. The van der Waals surface area contributed by atoms with E-state index in [1.807, 2.05) is 0 Å². The maximum Gasteiger partial charge on any atom is 0.270 e. The van der Waals surface area contributed by atoms with Gasteiger partial charge in [0.05, 0.1) is 23.4 Å². The average Bonchev–Trinajstić information content (AvgIpc) is 2.78. The third kappa shape index (κ3) is 5.32. The third-order valence-corrected chi connectivity index (χ3v) is 5.86. The van der Waals surface area contributed by atoms with Crippen molar-refractivity contribution in [3.8, 4) is 11.5 Å². The largest absolute Gasteiger partial charge is 0.508 e. The number of nitrogens with one attached hydrogen (secondary N) is 2. The standard InChI is InChI=1S/C21H20N4O6S/c1-14(15-3-8-18(26)9-4-15)22-23-20-12-7-17(25(27)28)13-21(20)32(29,30)24-16-5-10-19(31-2)11-6-16/h3-13,23-24,26H,1-2H3/b22-14+. The molecule has 0 atom stereocenters. The van der Waals surface area contributed by atoms with Gasteiger partial charge in [0.2, 0.25) is 0 Å². The first-order valence-corrected chi connectivity index (χ1v) is 10.7. The van der Waals surface area contributed by atoms with E-state index in [1.54, 1.807) is 31.2 Å². The van der Waals surface area contributed by atoms with Crippen LogP contribution in [-0.2, 0) is 10.0 Å². The van der Waals surface area contributed by atoms with Crippen LogP contribution in [0.4, 0.5) is 17.1 Å². The summed E-state index contributed by atoms with van der Waals surface area (Å²) < 4.78 is 33.5. The lowest BCUT2D eigenvalue weighted by Crippen LogP contribution is -2.15. The van der Waals surface area contributed by atoms with Gasteiger partial charge in [-0.1, -0.05) is 0 Å². The molecule has 3 aromatic rings. The minimum absolute atomic E-state index is 0.0507. The van der Waals surface area contributed by atoms with E-state index >= 15 is 0 Å². The second kappa shape index (κ2) is 9.35. The SMILES string of the molecule is COc1ccc(NS(=O)(=O)c2cc([N+](=O)[O-])ccc2N/N=C(\C)c2ccc(O)cc2)cc1. The number of hydrogen-bond donors (Lipinski definition) is 3. The van der Waals surface area contributed by atoms with E-state index in [1.165, 1.54) is 43.5 Å². The molecule has 0 fully saturated rings. The average molecular weight is 456 g/mol. The first-order chi connectivity index (χ1) is 15.2. The lowest BCUT2D eigenvalue weighted by Gasteiger charge is -2.13. The number of nitro benzene ring substituents is 1. The molecule has 0 aliphatic carbocycles. The Labute approximate surface area is 184 Å². The maximum absolute atomic E-state index is 13.0. The van der Waals surface area contributed by atoms with Crippen molar-refractivity contribution in [3.63, 3.8) is 0 Å². The number of sulfonamides is 1. The van der Waals surface area contributed by atoms with Crippen LogP contribution in [0.15, 0.2) is 76.7 Å². The van der Waals surface area contributed by atoms with Gasteiger partial charge in [0.25, 0.3) is 15.7 Å². The zero-order valence-corrected chi connectivity index (χ0v) is 18.0. The monoisotopic (exact) mass is 456 g/mol. The summed E-state index contributed by atoms with van der Waals surface area (Å²) in [7, 11) is -2.71. The Hall–Kier alpha value is -4.12. The zero-order valence-electron chi connectivity index (χ0n) is 17.1. The van der Waals surface area contributed by atoms with Crippen molar-refractivity contribution in [1.82, 2.24) is 0 Å². The number of phenolic OH excluding ortho intramolecular Hbond substituents is 1. The van der Waals surface area contributed by atoms with Gasteiger partial charge in [-0.25, -0.2) is 8.42 Å². The second-order valence-electron chi connectivity index (χ2n) is 6.63. The van der Waals surface area contributed by atoms with E-state index < -0.39 is 14.9 Å². The van der Waals surface area contributed by atoms with Gasteiger partial charge in [-0.05, 0) is 67.1 Å². The smallest absolute Gasteiger partial charge is 0.270 e. The molecule has 0 aliphatic rings. The van der Waals surface area contributed by atoms with E-state index in [9.17, 15) is 23.6 Å². The summed E-state index contributed by atoms with van der Waals surface area (Å²) in [5.74, 6) is 0.646. The number of phenols is 1. The van der Waals surface area contributed by atoms with Gasteiger partial charge in [-0.2, -0.15) is 5.10 Å². The molecule has 0 radical (unpaired) electrons. The number of hydrogen-bond acceptors (Lipinski definition) is 8. The van der Waals surface area contributed by atoms with Crippen molar-refractivity contribution in [3.05, 3.63) is 82.4 Å². The summed E-state index contributed by atoms with van der Waals surface area (Å²) in [6, 6.07) is 15.9. The Morgan fingerprint density at radius 2 is 1.72 bits per heavy atom. The van der Waals surface area contributed by atoms with Crippen LogP contribution in [0.25, 0.3) is 0 Å². The first kappa shape index (κ1) is 22.6. The highest BCUT2D eigenvalue weighted by atomic mass is 32.2. The number of rotatable bonds is 8.